The Morgan fingerprint density at radius 2 is 1.67 bits per heavy atom. The van der Waals surface area contributed by atoms with Crippen molar-refractivity contribution in [2.75, 3.05) is 0 Å². The second-order valence-corrected chi connectivity index (χ2v) is 8.37. The zero-order valence-electron chi connectivity index (χ0n) is 15.6. The van der Waals surface area contributed by atoms with Crippen LogP contribution in [-0.4, -0.2) is 4.57 Å². The number of para-hydroxylation sites is 1. The van der Waals surface area contributed by atoms with E-state index in [0.717, 1.165) is 22.9 Å². The molecule has 0 saturated heterocycles. The highest BCUT2D eigenvalue weighted by Gasteiger charge is 2.11. The quantitative estimate of drug-likeness (QED) is 0.324. The smallest absolute Gasteiger partial charge is 0.0495 e. The van der Waals surface area contributed by atoms with Crippen molar-refractivity contribution in [2.45, 2.75) is 31.0 Å². The molecule has 0 aliphatic rings. The number of fused-ring (bicyclic) bond motifs is 1. The van der Waals surface area contributed by atoms with E-state index >= 15 is 0 Å². The third-order valence-electron chi connectivity index (χ3n) is 4.94. The first kappa shape index (κ1) is 18.2. The molecule has 3 aromatic carbocycles. The van der Waals surface area contributed by atoms with Gasteiger partial charge in [0.05, 0.1) is 0 Å². The second kappa shape index (κ2) is 7.84. The largest absolute Gasteiger partial charge is 0.342 e. The third kappa shape index (κ3) is 3.92. The van der Waals surface area contributed by atoms with Gasteiger partial charge in [0.2, 0.25) is 0 Å². The Hall–Kier alpha value is -2.16. The summed E-state index contributed by atoms with van der Waals surface area (Å²) in [6.45, 7) is 5.13. The normalized spacial score (nSPS) is 11.2. The first-order valence-electron chi connectivity index (χ1n) is 9.12. The van der Waals surface area contributed by atoms with Gasteiger partial charge in [0.25, 0.3) is 0 Å². The van der Waals surface area contributed by atoms with E-state index in [4.69, 9.17) is 11.6 Å². The predicted octanol–water partition coefficient (Wildman–Crippen LogP) is 7.25. The van der Waals surface area contributed by atoms with E-state index in [2.05, 4.69) is 73.1 Å². The topological polar surface area (TPSA) is 4.93 Å². The molecule has 0 aliphatic carbocycles. The molecule has 0 amide bonds. The summed E-state index contributed by atoms with van der Waals surface area (Å²) < 4.78 is 2.31. The Balaban J connectivity index is 1.65. The molecule has 0 saturated carbocycles. The van der Waals surface area contributed by atoms with Crippen molar-refractivity contribution >= 4 is 34.3 Å². The maximum absolute atomic E-state index is 6.39. The number of hydrogen-bond donors (Lipinski definition) is 0. The monoisotopic (exact) mass is 391 g/mol. The van der Waals surface area contributed by atoms with Crippen LogP contribution in [0.2, 0.25) is 5.02 Å². The lowest BCUT2D eigenvalue weighted by Crippen LogP contribution is -1.98. The van der Waals surface area contributed by atoms with Crippen LogP contribution in [0.3, 0.4) is 0 Å². The summed E-state index contributed by atoms with van der Waals surface area (Å²) in [4.78, 5) is 1.32. The molecule has 27 heavy (non-hydrogen) atoms. The number of thioether (sulfide) groups is 1. The highest BCUT2D eigenvalue weighted by Crippen LogP contribution is 2.33. The van der Waals surface area contributed by atoms with Crippen LogP contribution in [-0.2, 0) is 12.3 Å². The zero-order chi connectivity index (χ0) is 18.8. The molecule has 0 spiro atoms. The number of aryl methyl sites for hydroxylation is 2. The van der Waals surface area contributed by atoms with Gasteiger partial charge >= 0.3 is 0 Å². The summed E-state index contributed by atoms with van der Waals surface area (Å²) in [6, 6.07) is 23.4. The number of rotatable bonds is 5. The van der Waals surface area contributed by atoms with Crippen LogP contribution >= 0.6 is 23.4 Å². The fourth-order valence-electron chi connectivity index (χ4n) is 3.38. The molecule has 0 unspecified atom stereocenters. The summed E-state index contributed by atoms with van der Waals surface area (Å²) >= 11 is 8.29. The minimum Gasteiger partial charge on any atom is -0.342 e. The number of halogens is 1. The van der Waals surface area contributed by atoms with Gasteiger partial charge in [0.1, 0.15) is 0 Å². The molecule has 4 aromatic rings. The Morgan fingerprint density at radius 1 is 0.889 bits per heavy atom. The van der Waals surface area contributed by atoms with Crippen LogP contribution < -0.4 is 0 Å². The van der Waals surface area contributed by atoms with E-state index in [1.165, 1.54) is 32.5 Å². The average Bonchev–Trinajstić information content (AvgIpc) is 3.02. The van der Waals surface area contributed by atoms with E-state index in [1.807, 2.05) is 30.0 Å². The maximum atomic E-state index is 6.39. The van der Waals surface area contributed by atoms with Gasteiger partial charge < -0.3 is 4.57 Å². The third-order valence-corrected chi connectivity index (χ3v) is 6.40. The first-order valence-corrected chi connectivity index (χ1v) is 10.5. The lowest BCUT2D eigenvalue weighted by Gasteiger charge is -2.07. The minimum absolute atomic E-state index is 0.782. The van der Waals surface area contributed by atoms with Gasteiger partial charge in [-0.2, -0.15) is 0 Å². The first-order chi connectivity index (χ1) is 13.1. The van der Waals surface area contributed by atoms with E-state index in [0.29, 0.717) is 0 Å². The van der Waals surface area contributed by atoms with Gasteiger partial charge in [-0.1, -0.05) is 71.8 Å². The summed E-state index contributed by atoms with van der Waals surface area (Å²) in [7, 11) is 0. The lowest BCUT2D eigenvalue weighted by molar-refractivity contribution is 0.830. The molecule has 1 nitrogen and oxygen atoms in total. The summed E-state index contributed by atoms with van der Waals surface area (Å²) in [5, 5.41) is 2.12. The van der Waals surface area contributed by atoms with Crippen molar-refractivity contribution in [3.63, 3.8) is 0 Å². The number of nitrogens with zero attached hydrogens (tertiary/aromatic N) is 1. The molecule has 0 N–H and O–H groups in total. The summed E-state index contributed by atoms with van der Waals surface area (Å²) in [5.41, 5.74) is 6.47. The van der Waals surface area contributed by atoms with E-state index < -0.39 is 0 Å². The standard InChI is InChI=1S/C24H22ClNS/c1-17-11-12-18(2)20(13-17)16-27-24-15-26(23-10-6-4-8-21(23)24)14-19-7-3-5-9-22(19)25/h3-13,15H,14,16H2,1-2H3. The summed E-state index contributed by atoms with van der Waals surface area (Å²) in [5.74, 6) is 0.980. The molecule has 0 aliphatic heterocycles. The van der Waals surface area contributed by atoms with E-state index in [-0.39, 0.29) is 0 Å². The highest BCUT2D eigenvalue weighted by atomic mass is 35.5. The average molecular weight is 392 g/mol. The Bertz CT molecular complexity index is 1100. The van der Waals surface area contributed by atoms with Crippen LogP contribution in [0.1, 0.15) is 22.3 Å². The predicted molar refractivity (Wildman–Crippen MR) is 118 cm³/mol. The fraction of sp³-hybridized carbons (Fsp3) is 0.167. The number of hydrogen-bond acceptors (Lipinski definition) is 1. The Labute approximate surface area is 170 Å². The van der Waals surface area contributed by atoms with Gasteiger partial charge in [-0.25, -0.2) is 0 Å². The van der Waals surface area contributed by atoms with Crippen LogP contribution in [0.5, 0.6) is 0 Å². The molecule has 136 valence electrons. The molecule has 1 heterocycles. The lowest BCUT2D eigenvalue weighted by atomic mass is 10.1. The molecule has 0 radical (unpaired) electrons. The van der Waals surface area contributed by atoms with Crippen LogP contribution in [0.15, 0.2) is 77.8 Å². The van der Waals surface area contributed by atoms with Crippen molar-refractivity contribution in [1.29, 1.82) is 0 Å². The molecule has 1 aromatic heterocycles. The highest BCUT2D eigenvalue weighted by molar-refractivity contribution is 7.98. The van der Waals surface area contributed by atoms with Crippen molar-refractivity contribution in [1.82, 2.24) is 4.57 Å². The van der Waals surface area contributed by atoms with E-state index in [1.54, 1.807) is 0 Å². The summed E-state index contributed by atoms with van der Waals surface area (Å²) in [6.07, 6.45) is 2.27. The molecule has 3 heteroatoms. The van der Waals surface area contributed by atoms with E-state index in [9.17, 15) is 0 Å². The molecule has 0 bridgehead atoms. The minimum atomic E-state index is 0.782. The van der Waals surface area contributed by atoms with Gasteiger partial charge in [-0.15, -0.1) is 11.8 Å². The van der Waals surface area contributed by atoms with Crippen LogP contribution in [0.25, 0.3) is 10.9 Å². The maximum Gasteiger partial charge on any atom is 0.0495 e. The zero-order valence-corrected chi connectivity index (χ0v) is 17.1. The Kier molecular flexibility index (Phi) is 5.29. The van der Waals surface area contributed by atoms with Crippen molar-refractivity contribution in [3.8, 4) is 0 Å². The molecule has 4 rings (SSSR count). The molecule has 0 fully saturated rings. The van der Waals surface area contributed by atoms with Crippen molar-refractivity contribution in [3.05, 3.63) is 100 Å². The number of aromatic nitrogens is 1. The van der Waals surface area contributed by atoms with Gasteiger partial charge in [0, 0.05) is 39.3 Å². The Morgan fingerprint density at radius 3 is 2.52 bits per heavy atom. The van der Waals surface area contributed by atoms with Crippen LogP contribution in [0.4, 0.5) is 0 Å². The molecular formula is C24H22ClNS. The van der Waals surface area contributed by atoms with Crippen molar-refractivity contribution < 1.29 is 0 Å². The van der Waals surface area contributed by atoms with Gasteiger partial charge in [-0.3, -0.25) is 0 Å². The number of benzene rings is 3. The fourth-order valence-corrected chi connectivity index (χ4v) is 4.73. The van der Waals surface area contributed by atoms with Crippen LogP contribution in [0, 0.1) is 13.8 Å². The molecule has 0 atom stereocenters. The molecular weight excluding hydrogens is 370 g/mol. The second-order valence-electron chi connectivity index (χ2n) is 6.95. The van der Waals surface area contributed by atoms with Gasteiger partial charge in [-0.05, 0) is 42.7 Å². The van der Waals surface area contributed by atoms with Crippen molar-refractivity contribution in [2.24, 2.45) is 0 Å². The van der Waals surface area contributed by atoms with Gasteiger partial charge in [0.15, 0.2) is 0 Å². The SMILES string of the molecule is Cc1ccc(C)c(CSc2cn(Cc3ccccc3Cl)c3ccccc23)c1.